The second-order valence-corrected chi connectivity index (χ2v) is 3.47. The molecule has 56 valence electrons. The number of nitrogens with one attached hydrogen (secondary N) is 1. The SMILES string of the molecule is O=c1[nH]c(Cl)cc2ccsc12. The molecule has 0 aliphatic carbocycles. The maximum Gasteiger partial charge on any atom is 0.267 e. The van der Waals surface area contributed by atoms with Crippen molar-refractivity contribution in [1.29, 1.82) is 0 Å². The number of halogens is 1. The van der Waals surface area contributed by atoms with E-state index in [9.17, 15) is 4.79 Å². The third-order valence-electron chi connectivity index (χ3n) is 1.42. The summed E-state index contributed by atoms with van der Waals surface area (Å²) in [6.07, 6.45) is 0. The first-order valence-electron chi connectivity index (χ1n) is 3.03. The number of fused-ring (bicyclic) bond motifs is 1. The van der Waals surface area contributed by atoms with Gasteiger partial charge < -0.3 is 4.98 Å². The van der Waals surface area contributed by atoms with Gasteiger partial charge in [-0.1, -0.05) is 11.6 Å². The molecule has 2 aromatic rings. The molecule has 0 spiro atoms. The molecule has 11 heavy (non-hydrogen) atoms. The van der Waals surface area contributed by atoms with E-state index in [1.165, 1.54) is 11.3 Å². The van der Waals surface area contributed by atoms with E-state index < -0.39 is 0 Å². The Bertz CT molecular complexity index is 445. The predicted octanol–water partition coefficient (Wildman–Crippen LogP) is 2.24. The molecule has 2 nitrogen and oxygen atoms in total. The minimum Gasteiger partial charge on any atom is -0.312 e. The van der Waals surface area contributed by atoms with Crippen molar-refractivity contribution >= 4 is 33.0 Å². The van der Waals surface area contributed by atoms with Crippen LogP contribution in [-0.4, -0.2) is 4.98 Å². The first kappa shape index (κ1) is 6.88. The van der Waals surface area contributed by atoms with Crippen molar-refractivity contribution in [3.63, 3.8) is 0 Å². The van der Waals surface area contributed by atoms with Crippen LogP contribution in [0.3, 0.4) is 0 Å². The molecule has 2 heterocycles. The van der Waals surface area contributed by atoms with E-state index in [4.69, 9.17) is 11.6 Å². The fourth-order valence-electron chi connectivity index (χ4n) is 0.955. The number of H-pyrrole nitrogens is 1. The van der Waals surface area contributed by atoms with Crippen LogP contribution in [0.1, 0.15) is 0 Å². The van der Waals surface area contributed by atoms with Gasteiger partial charge in [0.25, 0.3) is 5.56 Å². The van der Waals surface area contributed by atoms with E-state index >= 15 is 0 Å². The van der Waals surface area contributed by atoms with E-state index in [1.807, 2.05) is 11.4 Å². The number of aromatic nitrogens is 1. The lowest BCUT2D eigenvalue weighted by Gasteiger charge is -1.88. The summed E-state index contributed by atoms with van der Waals surface area (Å²) < 4.78 is 0.731. The van der Waals surface area contributed by atoms with E-state index in [1.54, 1.807) is 6.07 Å². The quantitative estimate of drug-likeness (QED) is 0.628. The van der Waals surface area contributed by atoms with Crippen LogP contribution in [0.15, 0.2) is 22.3 Å². The molecule has 0 radical (unpaired) electrons. The van der Waals surface area contributed by atoms with Gasteiger partial charge in [-0.3, -0.25) is 4.79 Å². The average Bonchev–Trinajstić information content (AvgIpc) is 2.34. The highest BCUT2D eigenvalue weighted by molar-refractivity contribution is 7.17. The first-order chi connectivity index (χ1) is 5.27. The second-order valence-electron chi connectivity index (χ2n) is 2.15. The Morgan fingerprint density at radius 3 is 3.18 bits per heavy atom. The summed E-state index contributed by atoms with van der Waals surface area (Å²) in [4.78, 5) is 13.7. The molecule has 0 unspecified atom stereocenters. The molecule has 0 saturated heterocycles. The maximum absolute atomic E-state index is 11.1. The molecule has 0 bridgehead atoms. The maximum atomic E-state index is 11.1. The molecule has 0 atom stereocenters. The molecule has 4 heteroatoms. The topological polar surface area (TPSA) is 32.9 Å². The largest absolute Gasteiger partial charge is 0.312 e. The molecule has 0 fully saturated rings. The lowest BCUT2D eigenvalue weighted by molar-refractivity contribution is 1.29. The van der Waals surface area contributed by atoms with Gasteiger partial charge in [-0.15, -0.1) is 11.3 Å². The molecule has 0 aromatic carbocycles. The number of hydrogen-bond donors (Lipinski definition) is 1. The molecule has 0 aliphatic heterocycles. The van der Waals surface area contributed by atoms with Gasteiger partial charge in [0.2, 0.25) is 0 Å². The van der Waals surface area contributed by atoms with Crippen molar-refractivity contribution in [2.75, 3.05) is 0 Å². The number of aromatic amines is 1. The lowest BCUT2D eigenvalue weighted by Crippen LogP contribution is -2.02. The van der Waals surface area contributed by atoms with Crippen LogP contribution >= 0.6 is 22.9 Å². The van der Waals surface area contributed by atoms with Gasteiger partial charge in [0.1, 0.15) is 5.15 Å². The fourth-order valence-corrected chi connectivity index (χ4v) is 1.93. The standard InChI is InChI=1S/C7H4ClNOS/c8-5-3-4-1-2-11-6(4)7(10)9-5/h1-3H,(H,9,10). The van der Waals surface area contributed by atoms with Crippen molar-refractivity contribution in [3.8, 4) is 0 Å². The van der Waals surface area contributed by atoms with Gasteiger partial charge in [0.15, 0.2) is 0 Å². The molecule has 0 saturated carbocycles. The minimum atomic E-state index is -0.109. The Morgan fingerprint density at radius 2 is 2.36 bits per heavy atom. The van der Waals surface area contributed by atoms with Crippen LogP contribution in [0, 0.1) is 0 Å². The monoisotopic (exact) mass is 185 g/mol. The minimum absolute atomic E-state index is 0.109. The number of pyridine rings is 1. The van der Waals surface area contributed by atoms with E-state index in [-0.39, 0.29) is 5.56 Å². The normalized spacial score (nSPS) is 10.6. The molecule has 0 amide bonds. The van der Waals surface area contributed by atoms with Gasteiger partial charge >= 0.3 is 0 Å². The zero-order chi connectivity index (χ0) is 7.84. The zero-order valence-electron chi connectivity index (χ0n) is 5.43. The predicted molar refractivity (Wildman–Crippen MR) is 47.5 cm³/mol. The van der Waals surface area contributed by atoms with Crippen molar-refractivity contribution in [2.45, 2.75) is 0 Å². The van der Waals surface area contributed by atoms with Gasteiger partial charge in [0.05, 0.1) is 4.70 Å². The Balaban J connectivity index is 3.02. The van der Waals surface area contributed by atoms with Crippen LogP contribution < -0.4 is 5.56 Å². The number of thiophene rings is 1. The summed E-state index contributed by atoms with van der Waals surface area (Å²) in [5.74, 6) is 0. The van der Waals surface area contributed by atoms with Crippen molar-refractivity contribution in [2.24, 2.45) is 0 Å². The second kappa shape index (κ2) is 2.36. The molecule has 0 aliphatic rings. The van der Waals surface area contributed by atoms with E-state index in [0.717, 1.165) is 10.1 Å². The zero-order valence-corrected chi connectivity index (χ0v) is 7.00. The highest BCUT2D eigenvalue weighted by Crippen LogP contribution is 2.18. The summed E-state index contributed by atoms with van der Waals surface area (Å²) >= 11 is 7.05. The summed E-state index contributed by atoms with van der Waals surface area (Å²) in [5.41, 5.74) is -0.109. The summed E-state index contributed by atoms with van der Waals surface area (Å²) in [7, 11) is 0. The first-order valence-corrected chi connectivity index (χ1v) is 4.29. The van der Waals surface area contributed by atoms with Crippen LogP contribution in [0.2, 0.25) is 5.15 Å². The van der Waals surface area contributed by atoms with Gasteiger partial charge in [0, 0.05) is 5.39 Å². The smallest absolute Gasteiger partial charge is 0.267 e. The Hall–Kier alpha value is -0.800. The molecule has 2 rings (SSSR count). The number of rotatable bonds is 0. The third kappa shape index (κ3) is 1.06. The lowest BCUT2D eigenvalue weighted by atomic mass is 10.3. The Kier molecular flexibility index (Phi) is 1.47. The molecular weight excluding hydrogens is 182 g/mol. The molecular formula is C7H4ClNOS. The van der Waals surface area contributed by atoms with E-state index in [0.29, 0.717) is 5.15 Å². The summed E-state index contributed by atoms with van der Waals surface area (Å²) in [6, 6.07) is 3.62. The fraction of sp³-hybridized carbons (Fsp3) is 0. The highest BCUT2D eigenvalue weighted by Gasteiger charge is 1.99. The van der Waals surface area contributed by atoms with Gasteiger partial charge in [-0.2, -0.15) is 0 Å². The van der Waals surface area contributed by atoms with Crippen molar-refractivity contribution < 1.29 is 0 Å². The molecule has 2 aromatic heterocycles. The van der Waals surface area contributed by atoms with E-state index in [2.05, 4.69) is 4.98 Å². The van der Waals surface area contributed by atoms with Crippen LogP contribution in [0.4, 0.5) is 0 Å². The van der Waals surface area contributed by atoms with Crippen LogP contribution in [0.25, 0.3) is 10.1 Å². The Morgan fingerprint density at radius 1 is 1.55 bits per heavy atom. The average molecular weight is 186 g/mol. The third-order valence-corrected chi connectivity index (χ3v) is 2.55. The Labute approximate surface area is 71.4 Å². The number of hydrogen-bond acceptors (Lipinski definition) is 2. The van der Waals surface area contributed by atoms with Crippen LogP contribution in [-0.2, 0) is 0 Å². The summed E-state index contributed by atoms with van der Waals surface area (Å²) in [6.45, 7) is 0. The van der Waals surface area contributed by atoms with Gasteiger partial charge in [-0.05, 0) is 17.5 Å². The van der Waals surface area contributed by atoms with Gasteiger partial charge in [-0.25, -0.2) is 0 Å². The molecule has 1 N–H and O–H groups in total. The summed E-state index contributed by atoms with van der Waals surface area (Å²) in [5, 5.41) is 3.17. The van der Waals surface area contributed by atoms with Crippen LogP contribution in [0.5, 0.6) is 0 Å². The van der Waals surface area contributed by atoms with Crippen molar-refractivity contribution in [1.82, 2.24) is 4.98 Å². The highest BCUT2D eigenvalue weighted by atomic mass is 35.5. The van der Waals surface area contributed by atoms with Crippen molar-refractivity contribution in [3.05, 3.63) is 33.0 Å².